The van der Waals surface area contributed by atoms with Gasteiger partial charge in [-0.2, -0.15) is 0 Å². The number of hydrogen-bond acceptors (Lipinski definition) is 5. The number of nitrogens with zero attached hydrogens (tertiary/aromatic N) is 1. The van der Waals surface area contributed by atoms with Gasteiger partial charge in [0, 0.05) is 30.7 Å². The first kappa shape index (κ1) is 18.5. The lowest BCUT2D eigenvalue weighted by molar-refractivity contribution is -0.117. The summed E-state index contributed by atoms with van der Waals surface area (Å²) in [5.41, 5.74) is 7.95. The Morgan fingerprint density at radius 1 is 1.08 bits per heavy atom. The van der Waals surface area contributed by atoms with Crippen molar-refractivity contribution in [2.45, 2.75) is 16.9 Å². The van der Waals surface area contributed by atoms with Crippen molar-refractivity contribution in [2.75, 3.05) is 25.0 Å². The Hall–Kier alpha value is -2.26. The molecule has 1 amide bonds. The van der Waals surface area contributed by atoms with E-state index in [2.05, 4.69) is 17.4 Å². The van der Waals surface area contributed by atoms with Crippen molar-refractivity contribution >= 4 is 21.6 Å². The summed E-state index contributed by atoms with van der Waals surface area (Å²) in [6, 6.07) is 15.8. The van der Waals surface area contributed by atoms with Crippen LogP contribution in [0.4, 0.5) is 5.69 Å². The van der Waals surface area contributed by atoms with Crippen molar-refractivity contribution < 1.29 is 13.2 Å². The SMILES string of the molecule is N[C@@H]1CN(CC(=O)Nc2ccc(S(N)(=O)=O)cc2)C[C@H]1c1ccccc1. The van der Waals surface area contributed by atoms with Gasteiger partial charge in [0.25, 0.3) is 0 Å². The number of benzene rings is 2. The van der Waals surface area contributed by atoms with E-state index in [1.54, 1.807) is 0 Å². The molecule has 3 rings (SSSR count). The van der Waals surface area contributed by atoms with Crippen molar-refractivity contribution in [1.29, 1.82) is 0 Å². The largest absolute Gasteiger partial charge is 0.326 e. The van der Waals surface area contributed by atoms with Gasteiger partial charge in [-0.3, -0.25) is 9.69 Å². The number of sulfonamides is 1. The summed E-state index contributed by atoms with van der Waals surface area (Å²) in [6.07, 6.45) is 0. The Bertz CT molecular complexity index is 869. The molecule has 0 unspecified atom stereocenters. The third-order valence-corrected chi connectivity index (χ3v) is 5.43. The lowest BCUT2D eigenvalue weighted by Gasteiger charge is -2.16. The van der Waals surface area contributed by atoms with E-state index in [-0.39, 0.29) is 29.3 Å². The zero-order chi connectivity index (χ0) is 18.7. The van der Waals surface area contributed by atoms with E-state index in [4.69, 9.17) is 10.9 Å². The highest BCUT2D eigenvalue weighted by Gasteiger charge is 2.31. The number of nitrogens with one attached hydrogen (secondary N) is 1. The van der Waals surface area contributed by atoms with Crippen LogP contribution in [0.25, 0.3) is 0 Å². The normalized spacial score (nSPS) is 20.8. The summed E-state index contributed by atoms with van der Waals surface area (Å²) in [6.45, 7) is 1.61. The molecular formula is C18H22N4O3S. The molecule has 0 bridgehead atoms. The molecular weight excluding hydrogens is 352 g/mol. The Morgan fingerprint density at radius 2 is 1.73 bits per heavy atom. The number of rotatable bonds is 5. The van der Waals surface area contributed by atoms with Crippen molar-refractivity contribution in [2.24, 2.45) is 10.9 Å². The van der Waals surface area contributed by atoms with Crippen LogP contribution in [0.15, 0.2) is 59.5 Å². The van der Waals surface area contributed by atoms with E-state index < -0.39 is 10.0 Å². The molecule has 0 spiro atoms. The number of carbonyl (C=O) groups is 1. The Morgan fingerprint density at radius 3 is 2.35 bits per heavy atom. The van der Waals surface area contributed by atoms with Crippen LogP contribution in [-0.4, -0.2) is 44.9 Å². The Labute approximate surface area is 153 Å². The van der Waals surface area contributed by atoms with Gasteiger partial charge in [-0.1, -0.05) is 30.3 Å². The number of amides is 1. The van der Waals surface area contributed by atoms with E-state index in [0.717, 1.165) is 6.54 Å². The molecule has 0 saturated carbocycles. The van der Waals surface area contributed by atoms with Crippen LogP contribution < -0.4 is 16.2 Å². The minimum absolute atomic E-state index is 0.00622. The van der Waals surface area contributed by atoms with Gasteiger partial charge in [-0.05, 0) is 29.8 Å². The molecule has 2 atom stereocenters. The summed E-state index contributed by atoms with van der Waals surface area (Å²) >= 11 is 0. The fourth-order valence-corrected chi connectivity index (χ4v) is 3.74. The van der Waals surface area contributed by atoms with E-state index in [9.17, 15) is 13.2 Å². The maximum absolute atomic E-state index is 12.3. The van der Waals surface area contributed by atoms with Crippen LogP contribution in [0.3, 0.4) is 0 Å². The number of likely N-dealkylation sites (tertiary alicyclic amines) is 1. The lowest BCUT2D eigenvalue weighted by atomic mass is 9.95. The quantitative estimate of drug-likeness (QED) is 0.712. The fraction of sp³-hybridized carbons (Fsp3) is 0.278. The Balaban J connectivity index is 1.57. The van der Waals surface area contributed by atoms with Gasteiger partial charge in [0.05, 0.1) is 11.4 Å². The molecule has 2 aromatic carbocycles. The van der Waals surface area contributed by atoms with Crippen LogP contribution in [0.1, 0.15) is 11.5 Å². The molecule has 26 heavy (non-hydrogen) atoms. The number of anilines is 1. The standard InChI is InChI=1S/C18H22N4O3S/c19-17-11-22(10-16(17)13-4-2-1-3-5-13)12-18(23)21-14-6-8-15(9-7-14)26(20,24)25/h1-9,16-17H,10-12,19H2,(H,21,23)(H2,20,24,25)/t16-,17+/m0/s1. The number of nitrogens with two attached hydrogens (primary N) is 2. The minimum atomic E-state index is -3.74. The summed E-state index contributed by atoms with van der Waals surface area (Å²) in [7, 11) is -3.74. The lowest BCUT2D eigenvalue weighted by Crippen LogP contribution is -2.33. The highest BCUT2D eigenvalue weighted by molar-refractivity contribution is 7.89. The summed E-state index contributed by atoms with van der Waals surface area (Å²) < 4.78 is 22.5. The van der Waals surface area contributed by atoms with Gasteiger partial charge in [-0.25, -0.2) is 13.6 Å². The van der Waals surface area contributed by atoms with Gasteiger partial charge in [0.15, 0.2) is 0 Å². The predicted octanol–water partition coefficient (Wildman–Crippen LogP) is 0.699. The minimum Gasteiger partial charge on any atom is -0.326 e. The molecule has 1 aliphatic heterocycles. The summed E-state index contributed by atoms with van der Waals surface area (Å²) in [5, 5.41) is 7.82. The van der Waals surface area contributed by atoms with Crippen LogP contribution in [0.5, 0.6) is 0 Å². The number of hydrogen-bond donors (Lipinski definition) is 3. The number of primary sulfonamides is 1. The second-order valence-corrected chi connectivity index (χ2v) is 8.05. The second kappa shape index (κ2) is 7.55. The second-order valence-electron chi connectivity index (χ2n) is 6.49. The topological polar surface area (TPSA) is 119 Å². The third-order valence-electron chi connectivity index (χ3n) is 4.50. The maximum atomic E-state index is 12.3. The van der Waals surface area contributed by atoms with Crippen LogP contribution in [-0.2, 0) is 14.8 Å². The van der Waals surface area contributed by atoms with Gasteiger partial charge in [0.1, 0.15) is 0 Å². The molecule has 7 nitrogen and oxygen atoms in total. The smallest absolute Gasteiger partial charge is 0.238 e. The zero-order valence-corrected chi connectivity index (χ0v) is 15.0. The summed E-state index contributed by atoms with van der Waals surface area (Å²) in [5.74, 6) is 0.0345. The van der Waals surface area contributed by atoms with Gasteiger partial charge >= 0.3 is 0 Å². The van der Waals surface area contributed by atoms with E-state index in [1.807, 2.05) is 23.1 Å². The van der Waals surface area contributed by atoms with Gasteiger partial charge < -0.3 is 11.1 Å². The first-order valence-corrected chi connectivity index (χ1v) is 9.83. The number of carbonyl (C=O) groups excluding carboxylic acids is 1. The molecule has 5 N–H and O–H groups in total. The Kier molecular flexibility index (Phi) is 5.38. The van der Waals surface area contributed by atoms with E-state index >= 15 is 0 Å². The predicted molar refractivity (Wildman–Crippen MR) is 100 cm³/mol. The average molecular weight is 374 g/mol. The molecule has 0 radical (unpaired) electrons. The van der Waals surface area contributed by atoms with Gasteiger partial charge in [0.2, 0.25) is 15.9 Å². The fourth-order valence-electron chi connectivity index (χ4n) is 3.23. The highest BCUT2D eigenvalue weighted by atomic mass is 32.2. The summed E-state index contributed by atoms with van der Waals surface area (Å²) in [4.78, 5) is 14.3. The van der Waals surface area contributed by atoms with Crippen molar-refractivity contribution in [3.05, 3.63) is 60.2 Å². The molecule has 2 aromatic rings. The molecule has 1 aliphatic rings. The average Bonchev–Trinajstić information content (AvgIpc) is 2.95. The van der Waals surface area contributed by atoms with Crippen LogP contribution in [0, 0.1) is 0 Å². The van der Waals surface area contributed by atoms with Crippen LogP contribution in [0.2, 0.25) is 0 Å². The zero-order valence-electron chi connectivity index (χ0n) is 14.2. The first-order chi connectivity index (χ1) is 12.3. The van der Waals surface area contributed by atoms with E-state index in [1.165, 1.54) is 29.8 Å². The van der Waals surface area contributed by atoms with Crippen LogP contribution >= 0.6 is 0 Å². The molecule has 0 aliphatic carbocycles. The monoisotopic (exact) mass is 374 g/mol. The maximum Gasteiger partial charge on any atom is 0.238 e. The molecule has 1 saturated heterocycles. The molecule has 138 valence electrons. The molecule has 1 heterocycles. The van der Waals surface area contributed by atoms with E-state index in [0.29, 0.717) is 12.2 Å². The molecule has 1 fully saturated rings. The molecule has 8 heteroatoms. The first-order valence-electron chi connectivity index (χ1n) is 8.28. The third kappa shape index (κ3) is 4.47. The highest BCUT2D eigenvalue weighted by Crippen LogP contribution is 2.26. The van der Waals surface area contributed by atoms with Crippen molar-refractivity contribution in [1.82, 2.24) is 4.90 Å². The van der Waals surface area contributed by atoms with Gasteiger partial charge in [-0.15, -0.1) is 0 Å². The van der Waals surface area contributed by atoms with Crippen molar-refractivity contribution in [3.63, 3.8) is 0 Å². The molecule has 0 aromatic heterocycles. The van der Waals surface area contributed by atoms with Crippen molar-refractivity contribution in [3.8, 4) is 0 Å².